The van der Waals surface area contributed by atoms with E-state index in [-0.39, 0.29) is 24.3 Å². The van der Waals surface area contributed by atoms with Gasteiger partial charge in [0, 0.05) is 0 Å². The van der Waals surface area contributed by atoms with Crippen LogP contribution >= 0.6 is 22.9 Å². The van der Waals surface area contributed by atoms with Crippen molar-refractivity contribution in [3.05, 3.63) is 0 Å². The van der Waals surface area contributed by atoms with Crippen LogP contribution in [-0.4, -0.2) is 36.0 Å². The van der Waals surface area contributed by atoms with Crippen molar-refractivity contribution in [2.24, 2.45) is 5.92 Å². The first-order valence-electron chi connectivity index (χ1n) is 5.81. The maximum Gasteiger partial charge on any atom is 0.323 e. The highest BCUT2D eigenvalue weighted by molar-refractivity contribution is 14.1. The van der Waals surface area contributed by atoms with E-state index >= 15 is 0 Å². The molecule has 2 unspecified atom stereocenters. The third kappa shape index (κ3) is 5.87. The van der Waals surface area contributed by atoms with Gasteiger partial charge in [-0.15, -0.1) is 0 Å². The number of aliphatic hydroxyl groups is 1. The molecule has 0 aromatic rings. The van der Waals surface area contributed by atoms with Crippen LogP contribution in [0.3, 0.4) is 0 Å². The van der Waals surface area contributed by atoms with Crippen LogP contribution in [0.2, 0.25) is 0 Å². The maximum absolute atomic E-state index is 11.1. The van der Waals surface area contributed by atoms with E-state index in [1.807, 2.05) is 6.92 Å². The van der Waals surface area contributed by atoms with Crippen molar-refractivity contribution < 1.29 is 14.6 Å². The molecule has 0 aliphatic carbocycles. The Morgan fingerprint density at radius 1 is 1.53 bits per heavy atom. The molecule has 0 aliphatic rings. The molecular formula is C11H23IN2O3. The largest absolute Gasteiger partial charge is 0.394 e. The van der Waals surface area contributed by atoms with Crippen molar-refractivity contribution >= 4 is 28.9 Å². The third-order valence-electron chi connectivity index (χ3n) is 3.18. The molecule has 0 spiro atoms. The Balaban J connectivity index is 4.26. The Kier molecular flexibility index (Phi) is 8.06. The van der Waals surface area contributed by atoms with Gasteiger partial charge in [-0.2, -0.15) is 0 Å². The van der Waals surface area contributed by atoms with Gasteiger partial charge in [0.2, 0.25) is 0 Å². The Morgan fingerprint density at radius 3 is 2.47 bits per heavy atom. The predicted octanol–water partition coefficient (Wildman–Crippen LogP) is 1.84. The molecule has 0 saturated heterocycles. The SMILES string of the molecule is CCC(C)(OCC(CO)NC(=O)NI)C(C)C. The zero-order chi connectivity index (χ0) is 13.5. The Bertz CT molecular complexity index is 239. The van der Waals surface area contributed by atoms with Gasteiger partial charge in [-0.3, -0.25) is 3.53 Å². The first kappa shape index (κ1) is 16.9. The quantitative estimate of drug-likeness (QED) is 0.481. The van der Waals surface area contributed by atoms with Crippen LogP contribution in [0.5, 0.6) is 0 Å². The second-order valence-corrected chi connectivity index (χ2v) is 5.12. The van der Waals surface area contributed by atoms with Crippen molar-refractivity contribution in [3.8, 4) is 0 Å². The lowest BCUT2D eigenvalue weighted by molar-refractivity contribution is -0.0773. The van der Waals surface area contributed by atoms with Crippen molar-refractivity contribution in [1.29, 1.82) is 0 Å². The summed E-state index contributed by atoms with van der Waals surface area (Å²) in [5.74, 6) is 0.380. The number of carbonyl (C=O) groups excluding carboxylic acids is 1. The summed E-state index contributed by atoms with van der Waals surface area (Å²) >= 11 is 1.74. The van der Waals surface area contributed by atoms with E-state index in [1.165, 1.54) is 0 Å². The van der Waals surface area contributed by atoms with Crippen LogP contribution in [0.4, 0.5) is 4.79 Å². The van der Waals surface area contributed by atoms with Gasteiger partial charge in [0.05, 0.1) is 47.7 Å². The summed E-state index contributed by atoms with van der Waals surface area (Å²) in [6, 6.07) is -0.703. The van der Waals surface area contributed by atoms with E-state index in [2.05, 4.69) is 29.6 Å². The van der Waals surface area contributed by atoms with Gasteiger partial charge in [-0.1, -0.05) is 20.8 Å². The molecule has 0 radical (unpaired) electrons. The minimum atomic E-state index is -0.380. The fourth-order valence-corrected chi connectivity index (χ4v) is 1.48. The second kappa shape index (κ2) is 8.10. The number of ether oxygens (including phenoxy) is 1. The zero-order valence-corrected chi connectivity index (χ0v) is 13.1. The minimum Gasteiger partial charge on any atom is -0.394 e. The average molecular weight is 358 g/mol. The normalized spacial score (nSPS) is 16.4. The van der Waals surface area contributed by atoms with Crippen LogP contribution in [-0.2, 0) is 4.74 Å². The monoisotopic (exact) mass is 358 g/mol. The molecule has 17 heavy (non-hydrogen) atoms. The lowest BCUT2D eigenvalue weighted by Gasteiger charge is -2.34. The molecule has 5 nitrogen and oxygen atoms in total. The van der Waals surface area contributed by atoms with Crippen molar-refractivity contribution in [2.45, 2.75) is 45.8 Å². The molecule has 0 aromatic heterocycles. The van der Waals surface area contributed by atoms with Crippen molar-refractivity contribution in [1.82, 2.24) is 8.85 Å². The fraction of sp³-hybridized carbons (Fsp3) is 0.909. The summed E-state index contributed by atoms with van der Waals surface area (Å²) in [5, 5.41) is 11.8. The molecule has 2 atom stereocenters. The highest BCUT2D eigenvalue weighted by atomic mass is 127. The highest BCUT2D eigenvalue weighted by Gasteiger charge is 2.28. The summed E-state index contributed by atoms with van der Waals surface area (Å²) in [6.07, 6.45) is 0.890. The van der Waals surface area contributed by atoms with Crippen LogP contribution < -0.4 is 8.85 Å². The number of rotatable bonds is 7. The molecule has 2 amide bonds. The Morgan fingerprint density at radius 2 is 2.12 bits per heavy atom. The van der Waals surface area contributed by atoms with E-state index in [0.717, 1.165) is 6.42 Å². The molecule has 0 aromatic carbocycles. The molecule has 0 fully saturated rings. The standard InChI is InChI=1S/C11H23IN2O3/c1-5-11(4,8(2)3)17-7-9(6-15)13-10(16)14-12/h8-9,15H,5-7H2,1-4H3,(H2,13,14,16). The molecule has 3 N–H and O–H groups in total. The molecule has 0 bridgehead atoms. The van der Waals surface area contributed by atoms with Crippen molar-refractivity contribution in [2.75, 3.05) is 13.2 Å². The molecule has 6 heteroatoms. The summed E-state index contributed by atoms with van der Waals surface area (Å²) in [4.78, 5) is 11.1. The number of aliphatic hydroxyl groups excluding tert-OH is 1. The number of hydrogen-bond acceptors (Lipinski definition) is 3. The van der Waals surface area contributed by atoms with Crippen LogP contribution in [0, 0.1) is 5.92 Å². The van der Waals surface area contributed by atoms with Crippen LogP contribution in [0.15, 0.2) is 0 Å². The smallest absolute Gasteiger partial charge is 0.323 e. The first-order chi connectivity index (χ1) is 7.89. The molecule has 0 saturated carbocycles. The number of hydrogen-bond donors (Lipinski definition) is 3. The van der Waals surface area contributed by atoms with Crippen molar-refractivity contribution in [3.63, 3.8) is 0 Å². The second-order valence-electron chi connectivity index (χ2n) is 4.58. The molecule has 102 valence electrons. The summed E-state index contributed by atoms with van der Waals surface area (Å²) in [7, 11) is 0. The number of halogens is 1. The minimum absolute atomic E-state index is 0.137. The lowest BCUT2D eigenvalue weighted by atomic mass is 9.89. The van der Waals surface area contributed by atoms with Gasteiger partial charge >= 0.3 is 6.03 Å². The Hall–Kier alpha value is -0.0800. The number of amides is 2. The summed E-state index contributed by atoms with van der Waals surface area (Å²) in [5.41, 5.74) is -0.226. The predicted molar refractivity (Wildman–Crippen MR) is 76.0 cm³/mol. The zero-order valence-electron chi connectivity index (χ0n) is 10.9. The topological polar surface area (TPSA) is 70.6 Å². The summed E-state index contributed by atoms with van der Waals surface area (Å²) in [6.45, 7) is 8.49. The van der Waals surface area contributed by atoms with E-state index in [9.17, 15) is 4.79 Å². The number of nitrogens with one attached hydrogen (secondary N) is 2. The summed E-state index contributed by atoms with van der Waals surface area (Å²) < 4.78 is 8.25. The maximum atomic E-state index is 11.1. The van der Waals surface area contributed by atoms with Gasteiger partial charge in [-0.05, 0) is 19.3 Å². The molecule has 0 rings (SSSR count). The molecule has 0 heterocycles. The van der Waals surface area contributed by atoms with Crippen LogP contribution in [0.25, 0.3) is 0 Å². The van der Waals surface area contributed by atoms with Gasteiger partial charge in [0.15, 0.2) is 0 Å². The van der Waals surface area contributed by atoms with E-state index in [0.29, 0.717) is 12.5 Å². The van der Waals surface area contributed by atoms with Gasteiger partial charge in [0.25, 0.3) is 0 Å². The molecular weight excluding hydrogens is 335 g/mol. The van der Waals surface area contributed by atoms with Gasteiger partial charge in [0.1, 0.15) is 0 Å². The van der Waals surface area contributed by atoms with E-state index < -0.39 is 0 Å². The third-order valence-corrected chi connectivity index (χ3v) is 3.67. The average Bonchev–Trinajstić information content (AvgIpc) is 2.33. The fourth-order valence-electron chi connectivity index (χ4n) is 1.32. The first-order valence-corrected chi connectivity index (χ1v) is 6.89. The lowest BCUT2D eigenvalue weighted by Crippen LogP contribution is -2.46. The van der Waals surface area contributed by atoms with E-state index in [4.69, 9.17) is 9.84 Å². The number of carbonyl (C=O) groups is 1. The van der Waals surface area contributed by atoms with Gasteiger partial charge < -0.3 is 15.2 Å². The van der Waals surface area contributed by atoms with E-state index in [1.54, 1.807) is 22.9 Å². The van der Waals surface area contributed by atoms with Crippen LogP contribution in [0.1, 0.15) is 34.1 Å². The highest BCUT2D eigenvalue weighted by Crippen LogP contribution is 2.25. The Labute approximate surface area is 117 Å². The number of urea groups is 1. The molecule has 0 aliphatic heterocycles. The van der Waals surface area contributed by atoms with Gasteiger partial charge in [-0.25, -0.2) is 4.79 Å².